The van der Waals surface area contributed by atoms with Gasteiger partial charge in [-0.25, -0.2) is 0 Å². The van der Waals surface area contributed by atoms with Gasteiger partial charge in [0.25, 0.3) is 0 Å². The summed E-state index contributed by atoms with van der Waals surface area (Å²) < 4.78 is 11.2. The van der Waals surface area contributed by atoms with Crippen LogP contribution in [0.15, 0.2) is 24.3 Å². The summed E-state index contributed by atoms with van der Waals surface area (Å²) in [7, 11) is -0.706. The molecule has 0 aliphatic carbocycles. The zero-order chi connectivity index (χ0) is 12.0. The second-order valence-corrected chi connectivity index (χ2v) is 5.57. The summed E-state index contributed by atoms with van der Waals surface area (Å²) in [6, 6.07) is 7.36. The Morgan fingerprint density at radius 3 is 2.56 bits per heavy atom. The molecular formula is C12H19NO2S. The summed E-state index contributed by atoms with van der Waals surface area (Å²) in [6.07, 6.45) is 0. The fourth-order valence-corrected chi connectivity index (χ4v) is 2.05. The smallest absolute Gasteiger partial charge is 0.115 e. The molecule has 0 saturated heterocycles. The number of hydrogen-bond acceptors (Lipinski definition) is 3. The summed E-state index contributed by atoms with van der Waals surface area (Å²) in [5.41, 5.74) is 1.13. The first-order chi connectivity index (χ1) is 7.63. The van der Waals surface area contributed by atoms with Crippen LogP contribution in [0, 0.1) is 0 Å². The van der Waals surface area contributed by atoms with Crippen molar-refractivity contribution in [2.75, 3.05) is 18.1 Å². The third-order valence-corrected chi connectivity index (χ3v) is 3.80. The Kier molecular flexibility index (Phi) is 5.49. The SMILES string of the molecule is CCS(=O)CCNC(C)c1ccc(O)cc1. The summed E-state index contributed by atoms with van der Waals surface area (Å²) in [5, 5.41) is 12.5. The van der Waals surface area contributed by atoms with Gasteiger partial charge < -0.3 is 10.4 Å². The number of aromatic hydroxyl groups is 1. The van der Waals surface area contributed by atoms with Gasteiger partial charge in [-0.2, -0.15) is 0 Å². The number of hydrogen-bond donors (Lipinski definition) is 2. The monoisotopic (exact) mass is 241 g/mol. The lowest BCUT2D eigenvalue weighted by Gasteiger charge is -2.13. The first-order valence-corrected chi connectivity index (χ1v) is 6.99. The van der Waals surface area contributed by atoms with E-state index in [2.05, 4.69) is 12.2 Å². The van der Waals surface area contributed by atoms with Gasteiger partial charge in [-0.1, -0.05) is 19.1 Å². The number of rotatable bonds is 6. The van der Waals surface area contributed by atoms with Crippen molar-refractivity contribution >= 4 is 10.8 Å². The lowest BCUT2D eigenvalue weighted by Crippen LogP contribution is -2.24. The van der Waals surface area contributed by atoms with Crippen molar-refractivity contribution in [1.29, 1.82) is 0 Å². The van der Waals surface area contributed by atoms with Crippen LogP contribution in [0.1, 0.15) is 25.5 Å². The van der Waals surface area contributed by atoms with Crippen LogP contribution in [0.25, 0.3) is 0 Å². The molecule has 0 radical (unpaired) electrons. The Balaban J connectivity index is 2.37. The largest absolute Gasteiger partial charge is 0.508 e. The van der Waals surface area contributed by atoms with Crippen LogP contribution in [0.2, 0.25) is 0 Å². The van der Waals surface area contributed by atoms with Gasteiger partial charge in [0.05, 0.1) is 0 Å². The molecule has 2 N–H and O–H groups in total. The van der Waals surface area contributed by atoms with E-state index in [0.29, 0.717) is 5.75 Å². The molecule has 0 bridgehead atoms. The molecule has 0 aromatic heterocycles. The molecule has 16 heavy (non-hydrogen) atoms. The number of benzene rings is 1. The van der Waals surface area contributed by atoms with E-state index in [1.54, 1.807) is 12.1 Å². The van der Waals surface area contributed by atoms with E-state index in [0.717, 1.165) is 17.9 Å². The third kappa shape index (κ3) is 4.33. The van der Waals surface area contributed by atoms with Crippen LogP contribution in [-0.4, -0.2) is 27.4 Å². The maximum Gasteiger partial charge on any atom is 0.115 e. The van der Waals surface area contributed by atoms with E-state index in [9.17, 15) is 4.21 Å². The molecule has 1 aromatic carbocycles. The van der Waals surface area contributed by atoms with Gasteiger partial charge in [-0.15, -0.1) is 0 Å². The van der Waals surface area contributed by atoms with Gasteiger partial charge in [0.1, 0.15) is 5.75 Å². The molecule has 0 fully saturated rings. The lowest BCUT2D eigenvalue weighted by atomic mass is 10.1. The highest BCUT2D eigenvalue weighted by Crippen LogP contribution is 2.15. The predicted molar refractivity (Wildman–Crippen MR) is 68.1 cm³/mol. The Labute approximate surface area is 99.3 Å². The minimum absolute atomic E-state index is 0.217. The first kappa shape index (κ1) is 13.2. The van der Waals surface area contributed by atoms with Crippen LogP contribution in [-0.2, 0) is 10.8 Å². The van der Waals surface area contributed by atoms with Crippen LogP contribution >= 0.6 is 0 Å². The van der Waals surface area contributed by atoms with Crippen LogP contribution in [0.5, 0.6) is 5.75 Å². The Bertz CT molecular complexity index is 337. The van der Waals surface area contributed by atoms with Gasteiger partial charge in [0, 0.05) is 34.9 Å². The first-order valence-electron chi connectivity index (χ1n) is 5.50. The molecule has 0 saturated carbocycles. The quantitative estimate of drug-likeness (QED) is 0.798. The topological polar surface area (TPSA) is 49.3 Å². The van der Waals surface area contributed by atoms with Gasteiger partial charge >= 0.3 is 0 Å². The van der Waals surface area contributed by atoms with Crippen molar-refractivity contribution in [2.24, 2.45) is 0 Å². The average molecular weight is 241 g/mol. The molecule has 4 heteroatoms. The summed E-state index contributed by atoms with van der Waals surface area (Å²) >= 11 is 0. The molecule has 2 unspecified atom stereocenters. The van der Waals surface area contributed by atoms with E-state index < -0.39 is 10.8 Å². The van der Waals surface area contributed by atoms with Crippen LogP contribution in [0.4, 0.5) is 0 Å². The Hall–Kier alpha value is -0.870. The minimum Gasteiger partial charge on any atom is -0.508 e. The van der Waals surface area contributed by atoms with Crippen molar-refractivity contribution < 1.29 is 9.32 Å². The molecule has 0 spiro atoms. The number of nitrogens with one attached hydrogen (secondary N) is 1. The molecule has 3 nitrogen and oxygen atoms in total. The second kappa shape index (κ2) is 6.66. The number of phenolic OH excluding ortho intramolecular Hbond substituents is 1. The summed E-state index contributed by atoms with van der Waals surface area (Å²) in [5.74, 6) is 1.69. The summed E-state index contributed by atoms with van der Waals surface area (Å²) in [6.45, 7) is 4.74. The van der Waals surface area contributed by atoms with Crippen LogP contribution < -0.4 is 5.32 Å². The van der Waals surface area contributed by atoms with E-state index in [1.807, 2.05) is 19.1 Å². The maximum atomic E-state index is 11.2. The van der Waals surface area contributed by atoms with Crippen molar-refractivity contribution in [3.63, 3.8) is 0 Å². The fraction of sp³-hybridized carbons (Fsp3) is 0.500. The molecule has 0 aliphatic rings. The van der Waals surface area contributed by atoms with Crippen molar-refractivity contribution in [2.45, 2.75) is 19.9 Å². The second-order valence-electron chi connectivity index (χ2n) is 3.70. The van der Waals surface area contributed by atoms with Crippen molar-refractivity contribution in [1.82, 2.24) is 5.32 Å². The number of phenols is 1. The fourth-order valence-electron chi connectivity index (χ4n) is 1.41. The van der Waals surface area contributed by atoms with Gasteiger partial charge in [0.2, 0.25) is 0 Å². The normalized spacial score (nSPS) is 14.6. The van der Waals surface area contributed by atoms with E-state index in [4.69, 9.17) is 5.11 Å². The van der Waals surface area contributed by atoms with Gasteiger partial charge in [-0.05, 0) is 24.6 Å². The molecule has 1 rings (SSSR count). The van der Waals surface area contributed by atoms with Gasteiger partial charge in [-0.3, -0.25) is 4.21 Å². The molecular weight excluding hydrogens is 222 g/mol. The highest BCUT2D eigenvalue weighted by molar-refractivity contribution is 7.84. The summed E-state index contributed by atoms with van der Waals surface area (Å²) in [4.78, 5) is 0. The molecule has 1 aromatic rings. The molecule has 2 atom stereocenters. The molecule has 0 aliphatic heterocycles. The van der Waals surface area contributed by atoms with Crippen molar-refractivity contribution in [3.05, 3.63) is 29.8 Å². The highest BCUT2D eigenvalue weighted by Gasteiger charge is 2.04. The zero-order valence-corrected chi connectivity index (χ0v) is 10.6. The predicted octanol–water partition coefficient (Wildman–Crippen LogP) is 1.81. The average Bonchev–Trinajstić information content (AvgIpc) is 2.29. The van der Waals surface area contributed by atoms with Gasteiger partial charge in [0.15, 0.2) is 0 Å². The van der Waals surface area contributed by atoms with Crippen LogP contribution in [0.3, 0.4) is 0 Å². The van der Waals surface area contributed by atoms with E-state index >= 15 is 0 Å². The van der Waals surface area contributed by atoms with E-state index in [-0.39, 0.29) is 11.8 Å². The highest BCUT2D eigenvalue weighted by atomic mass is 32.2. The minimum atomic E-state index is -0.706. The maximum absolute atomic E-state index is 11.2. The lowest BCUT2D eigenvalue weighted by molar-refractivity contribution is 0.474. The third-order valence-electron chi connectivity index (χ3n) is 2.50. The standard InChI is InChI=1S/C12H19NO2S/c1-3-16(15)9-8-13-10(2)11-4-6-12(14)7-5-11/h4-7,10,13-14H,3,8-9H2,1-2H3. The molecule has 0 heterocycles. The Morgan fingerprint density at radius 1 is 1.38 bits per heavy atom. The van der Waals surface area contributed by atoms with E-state index in [1.165, 1.54) is 0 Å². The molecule has 90 valence electrons. The molecule has 0 amide bonds. The van der Waals surface area contributed by atoms with Crippen molar-refractivity contribution in [3.8, 4) is 5.75 Å². The Morgan fingerprint density at radius 2 is 2.00 bits per heavy atom. The zero-order valence-electron chi connectivity index (χ0n) is 9.77.